The molecule has 0 aliphatic heterocycles. The number of aryl methyl sites for hydroxylation is 1. The van der Waals surface area contributed by atoms with E-state index < -0.39 is 21.4 Å². The number of carbonyl (C=O) groups excluding carboxylic acids is 1. The Labute approximate surface area is 175 Å². The number of aromatic nitrogens is 1. The number of fused-ring (bicyclic) bond motifs is 1. The summed E-state index contributed by atoms with van der Waals surface area (Å²) in [6, 6.07) is 11.4. The smallest absolute Gasteiger partial charge is 0.264 e. The maximum absolute atomic E-state index is 13.2. The monoisotopic (exact) mass is 427 g/mol. The van der Waals surface area contributed by atoms with E-state index in [9.17, 15) is 18.0 Å². The molecule has 8 heteroatoms. The van der Waals surface area contributed by atoms with E-state index in [1.807, 2.05) is 32.9 Å². The highest BCUT2D eigenvalue weighted by Gasteiger charge is 2.24. The quantitative estimate of drug-likeness (QED) is 0.631. The number of anilines is 1. The molecule has 30 heavy (non-hydrogen) atoms. The lowest BCUT2D eigenvalue weighted by molar-refractivity contribution is 0.0938. The lowest BCUT2D eigenvalue weighted by atomic mass is 10.1. The standard InChI is InChI=1S/C22H25N3O4S/c1-5-15(3)24-22(27)18-13-23-19-11-10-16(12-17(19)21(18)26)30(28,29)25(4)20-9-7-6-8-14(20)2/h6-13,15H,5H2,1-4H3,(H,23,26)(H,24,27)/t15-/m0/s1. The summed E-state index contributed by atoms with van der Waals surface area (Å²) in [5, 5.41) is 2.90. The molecule has 3 aromatic rings. The Kier molecular flexibility index (Phi) is 5.98. The van der Waals surface area contributed by atoms with Gasteiger partial charge >= 0.3 is 0 Å². The highest BCUT2D eigenvalue weighted by atomic mass is 32.2. The summed E-state index contributed by atoms with van der Waals surface area (Å²) in [5.41, 5.74) is 1.25. The SMILES string of the molecule is CC[C@H](C)NC(=O)c1c[nH]c2ccc(S(=O)(=O)N(C)c3ccccc3C)cc2c1=O. The van der Waals surface area contributed by atoms with E-state index in [2.05, 4.69) is 10.3 Å². The summed E-state index contributed by atoms with van der Waals surface area (Å²) in [6.07, 6.45) is 2.08. The fourth-order valence-corrected chi connectivity index (χ4v) is 4.42. The third-order valence-electron chi connectivity index (χ3n) is 5.20. The maximum Gasteiger partial charge on any atom is 0.264 e. The summed E-state index contributed by atoms with van der Waals surface area (Å²) in [6.45, 7) is 5.60. The molecule has 3 rings (SSSR count). The number of rotatable bonds is 6. The van der Waals surface area contributed by atoms with Crippen LogP contribution >= 0.6 is 0 Å². The van der Waals surface area contributed by atoms with Gasteiger partial charge in [0.15, 0.2) is 0 Å². The van der Waals surface area contributed by atoms with Crippen LogP contribution in [0.15, 0.2) is 58.4 Å². The molecule has 0 aliphatic carbocycles. The Morgan fingerprint density at radius 2 is 1.90 bits per heavy atom. The van der Waals surface area contributed by atoms with Crippen LogP contribution in [0.1, 0.15) is 36.2 Å². The van der Waals surface area contributed by atoms with Crippen LogP contribution in [0.4, 0.5) is 5.69 Å². The molecule has 0 saturated heterocycles. The van der Waals surface area contributed by atoms with E-state index in [-0.39, 0.29) is 21.9 Å². The molecule has 1 aromatic heterocycles. The molecule has 0 fully saturated rings. The fraction of sp³-hybridized carbons (Fsp3) is 0.273. The summed E-state index contributed by atoms with van der Waals surface area (Å²) in [7, 11) is -2.42. The molecular formula is C22H25N3O4S. The Balaban J connectivity index is 2.08. The van der Waals surface area contributed by atoms with E-state index in [0.717, 1.165) is 12.0 Å². The highest BCUT2D eigenvalue weighted by molar-refractivity contribution is 7.92. The molecule has 158 valence electrons. The molecule has 2 N–H and O–H groups in total. The molecule has 1 heterocycles. The van der Waals surface area contributed by atoms with E-state index in [1.165, 1.54) is 35.7 Å². The minimum Gasteiger partial charge on any atom is -0.360 e. The number of H-pyrrole nitrogens is 1. The van der Waals surface area contributed by atoms with Gasteiger partial charge in [-0.15, -0.1) is 0 Å². The average Bonchev–Trinajstić information content (AvgIpc) is 2.73. The molecule has 0 aliphatic rings. The topological polar surface area (TPSA) is 99.3 Å². The molecule has 0 unspecified atom stereocenters. The van der Waals surface area contributed by atoms with Crippen molar-refractivity contribution < 1.29 is 13.2 Å². The fourth-order valence-electron chi connectivity index (χ4n) is 3.13. The largest absolute Gasteiger partial charge is 0.360 e. The third kappa shape index (κ3) is 3.95. The molecule has 0 spiro atoms. The molecule has 0 bridgehead atoms. The van der Waals surface area contributed by atoms with Gasteiger partial charge in [-0.1, -0.05) is 25.1 Å². The number of hydrogen-bond acceptors (Lipinski definition) is 4. The van der Waals surface area contributed by atoms with Gasteiger partial charge in [-0.25, -0.2) is 8.42 Å². The summed E-state index contributed by atoms with van der Waals surface area (Å²) in [5.74, 6) is -0.488. The van der Waals surface area contributed by atoms with E-state index in [4.69, 9.17) is 0 Å². The van der Waals surface area contributed by atoms with Crippen molar-refractivity contribution in [2.24, 2.45) is 0 Å². The Morgan fingerprint density at radius 3 is 2.57 bits per heavy atom. The van der Waals surface area contributed by atoms with Gasteiger partial charge in [-0.3, -0.25) is 13.9 Å². The van der Waals surface area contributed by atoms with Crippen molar-refractivity contribution in [3.05, 3.63) is 70.0 Å². The van der Waals surface area contributed by atoms with Gasteiger partial charge in [-0.2, -0.15) is 0 Å². The summed E-state index contributed by atoms with van der Waals surface area (Å²) < 4.78 is 27.5. The van der Waals surface area contributed by atoms with Gasteiger partial charge in [0.2, 0.25) is 5.43 Å². The first-order valence-corrected chi connectivity index (χ1v) is 11.1. The number of aromatic amines is 1. The molecular weight excluding hydrogens is 402 g/mol. The van der Waals surface area contributed by atoms with Gasteiger partial charge in [0.25, 0.3) is 15.9 Å². The number of para-hydroxylation sites is 1. The van der Waals surface area contributed by atoms with Crippen LogP contribution in [0.3, 0.4) is 0 Å². The second kappa shape index (κ2) is 8.31. The highest BCUT2D eigenvalue weighted by Crippen LogP contribution is 2.26. The molecule has 0 saturated carbocycles. The number of pyridine rings is 1. The number of sulfonamides is 1. The lowest BCUT2D eigenvalue weighted by Crippen LogP contribution is -2.35. The van der Waals surface area contributed by atoms with E-state index in [0.29, 0.717) is 11.2 Å². The minimum absolute atomic E-state index is 0.0225. The molecule has 7 nitrogen and oxygen atoms in total. The van der Waals surface area contributed by atoms with Crippen LogP contribution in [-0.2, 0) is 10.0 Å². The van der Waals surface area contributed by atoms with Gasteiger partial charge in [0.05, 0.1) is 10.6 Å². The predicted molar refractivity (Wildman–Crippen MR) is 119 cm³/mol. The summed E-state index contributed by atoms with van der Waals surface area (Å²) >= 11 is 0. The zero-order valence-corrected chi connectivity index (χ0v) is 18.2. The maximum atomic E-state index is 13.2. The Bertz CT molecular complexity index is 1260. The lowest BCUT2D eigenvalue weighted by Gasteiger charge is -2.21. The molecule has 2 aromatic carbocycles. The first kappa shape index (κ1) is 21.6. The normalized spacial score (nSPS) is 12.5. The van der Waals surface area contributed by atoms with Crippen LogP contribution < -0.4 is 15.1 Å². The second-order valence-electron chi connectivity index (χ2n) is 7.28. The number of benzene rings is 2. The van der Waals surface area contributed by atoms with Crippen molar-refractivity contribution >= 4 is 32.5 Å². The summed E-state index contributed by atoms with van der Waals surface area (Å²) in [4.78, 5) is 28.2. The first-order chi connectivity index (χ1) is 14.2. The Morgan fingerprint density at radius 1 is 1.20 bits per heavy atom. The number of nitrogens with zero attached hydrogens (tertiary/aromatic N) is 1. The zero-order chi connectivity index (χ0) is 22.1. The average molecular weight is 428 g/mol. The van der Waals surface area contributed by atoms with Crippen molar-refractivity contribution in [1.29, 1.82) is 0 Å². The minimum atomic E-state index is -3.90. The number of carbonyl (C=O) groups is 1. The van der Waals surface area contributed by atoms with Gasteiger partial charge < -0.3 is 10.3 Å². The van der Waals surface area contributed by atoms with Crippen molar-refractivity contribution in [1.82, 2.24) is 10.3 Å². The third-order valence-corrected chi connectivity index (χ3v) is 6.97. The zero-order valence-electron chi connectivity index (χ0n) is 17.4. The Hall–Kier alpha value is -3.13. The predicted octanol–water partition coefficient (Wildman–Crippen LogP) is 3.19. The van der Waals surface area contributed by atoms with Gasteiger partial charge in [0.1, 0.15) is 5.56 Å². The second-order valence-corrected chi connectivity index (χ2v) is 9.25. The number of amides is 1. The first-order valence-electron chi connectivity index (χ1n) is 9.67. The van der Waals surface area contributed by atoms with Gasteiger partial charge in [0, 0.05) is 30.2 Å². The van der Waals surface area contributed by atoms with Gasteiger partial charge in [-0.05, 0) is 50.1 Å². The number of nitrogens with one attached hydrogen (secondary N) is 2. The van der Waals surface area contributed by atoms with Crippen LogP contribution in [0.25, 0.3) is 10.9 Å². The van der Waals surface area contributed by atoms with Crippen molar-refractivity contribution in [2.45, 2.75) is 38.1 Å². The van der Waals surface area contributed by atoms with Crippen molar-refractivity contribution in [3.63, 3.8) is 0 Å². The molecule has 1 amide bonds. The van der Waals surface area contributed by atoms with E-state index in [1.54, 1.807) is 12.1 Å². The van der Waals surface area contributed by atoms with Crippen LogP contribution in [0, 0.1) is 6.92 Å². The van der Waals surface area contributed by atoms with Crippen LogP contribution in [0.5, 0.6) is 0 Å². The molecule has 1 atom stereocenters. The van der Waals surface area contributed by atoms with E-state index >= 15 is 0 Å². The van der Waals surface area contributed by atoms with Crippen molar-refractivity contribution in [3.8, 4) is 0 Å². The number of hydrogen-bond donors (Lipinski definition) is 2. The van der Waals surface area contributed by atoms with Crippen LogP contribution in [0.2, 0.25) is 0 Å². The van der Waals surface area contributed by atoms with Crippen molar-refractivity contribution in [2.75, 3.05) is 11.4 Å². The van der Waals surface area contributed by atoms with Crippen LogP contribution in [-0.4, -0.2) is 32.4 Å². The molecule has 0 radical (unpaired) electrons.